The Morgan fingerprint density at radius 1 is 1.08 bits per heavy atom. The zero-order chi connectivity index (χ0) is 18.4. The van der Waals surface area contributed by atoms with Crippen LogP contribution >= 0.6 is 0 Å². The van der Waals surface area contributed by atoms with E-state index in [1.807, 2.05) is 50.2 Å². The molecule has 3 rings (SSSR count). The van der Waals surface area contributed by atoms with E-state index in [2.05, 4.69) is 5.32 Å². The summed E-state index contributed by atoms with van der Waals surface area (Å²) in [5, 5.41) is 2.92. The van der Waals surface area contributed by atoms with Gasteiger partial charge in [0.2, 0.25) is 0 Å². The lowest BCUT2D eigenvalue weighted by molar-refractivity contribution is -0.123. The van der Waals surface area contributed by atoms with Crippen molar-refractivity contribution in [2.24, 2.45) is 0 Å². The van der Waals surface area contributed by atoms with Gasteiger partial charge in [-0.05, 0) is 43.7 Å². The molecule has 1 amide bonds. The quantitative estimate of drug-likeness (QED) is 0.825. The predicted octanol–water partition coefficient (Wildman–Crippen LogP) is 3.11. The highest BCUT2D eigenvalue weighted by Gasteiger charge is 2.16. The standard InChI is InChI=1S/C20H23NO5/c1-3-23-16-6-4-5-7-17(16)26-13-20(22)21-14(2)15-8-9-18-19(12-15)25-11-10-24-18/h4-9,12,14H,3,10-11,13H2,1-2H3,(H,21,22). The fourth-order valence-electron chi connectivity index (χ4n) is 2.68. The van der Waals surface area contributed by atoms with Crippen molar-refractivity contribution in [3.05, 3.63) is 48.0 Å². The van der Waals surface area contributed by atoms with Gasteiger partial charge in [0.1, 0.15) is 13.2 Å². The average molecular weight is 357 g/mol. The molecule has 1 atom stereocenters. The van der Waals surface area contributed by atoms with Crippen molar-refractivity contribution < 1.29 is 23.7 Å². The van der Waals surface area contributed by atoms with Gasteiger partial charge in [-0.25, -0.2) is 0 Å². The number of carbonyl (C=O) groups excluding carboxylic acids is 1. The Morgan fingerprint density at radius 3 is 2.50 bits per heavy atom. The second-order valence-electron chi connectivity index (χ2n) is 5.86. The number of hydrogen-bond acceptors (Lipinski definition) is 5. The third-order valence-corrected chi connectivity index (χ3v) is 3.95. The monoisotopic (exact) mass is 357 g/mol. The highest BCUT2D eigenvalue weighted by molar-refractivity contribution is 5.78. The largest absolute Gasteiger partial charge is 0.490 e. The second-order valence-corrected chi connectivity index (χ2v) is 5.86. The molecule has 2 aromatic carbocycles. The third-order valence-electron chi connectivity index (χ3n) is 3.95. The average Bonchev–Trinajstić information content (AvgIpc) is 2.67. The van der Waals surface area contributed by atoms with Gasteiger partial charge in [-0.2, -0.15) is 0 Å². The maximum Gasteiger partial charge on any atom is 0.258 e. The molecule has 26 heavy (non-hydrogen) atoms. The third kappa shape index (κ3) is 4.39. The number of carbonyl (C=O) groups is 1. The van der Waals surface area contributed by atoms with Crippen LogP contribution in [0.1, 0.15) is 25.5 Å². The maximum absolute atomic E-state index is 12.2. The van der Waals surface area contributed by atoms with Crippen molar-refractivity contribution >= 4 is 5.91 Å². The van der Waals surface area contributed by atoms with Crippen LogP contribution in [0.2, 0.25) is 0 Å². The van der Waals surface area contributed by atoms with Crippen molar-refractivity contribution in [1.82, 2.24) is 5.32 Å². The van der Waals surface area contributed by atoms with E-state index >= 15 is 0 Å². The van der Waals surface area contributed by atoms with E-state index in [0.717, 1.165) is 11.3 Å². The van der Waals surface area contributed by atoms with Gasteiger partial charge in [-0.15, -0.1) is 0 Å². The number of ether oxygens (including phenoxy) is 4. The molecule has 6 nitrogen and oxygen atoms in total. The van der Waals surface area contributed by atoms with Gasteiger partial charge in [-0.1, -0.05) is 18.2 Å². The molecule has 2 aromatic rings. The molecule has 0 saturated heterocycles. The molecule has 0 fully saturated rings. The first kappa shape index (κ1) is 17.9. The lowest BCUT2D eigenvalue weighted by Gasteiger charge is -2.21. The lowest BCUT2D eigenvalue weighted by Crippen LogP contribution is -2.31. The molecular weight excluding hydrogens is 334 g/mol. The van der Waals surface area contributed by atoms with Gasteiger partial charge in [0.25, 0.3) is 5.91 Å². The van der Waals surface area contributed by atoms with E-state index in [-0.39, 0.29) is 18.6 Å². The molecule has 0 spiro atoms. The van der Waals surface area contributed by atoms with Crippen molar-refractivity contribution in [3.63, 3.8) is 0 Å². The van der Waals surface area contributed by atoms with Crippen LogP contribution in [-0.2, 0) is 4.79 Å². The number of hydrogen-bond donors (Lipinski definition) is 1. The topological polar surface area (TPSA) is 66.0 Å². The van der Waals surface area contributed by atoms with Crippen LogP contribution in [0.15, 0.2) is 42.5 Å². The summed E-state index contributed by atoms with van der Waals surface area (Å²) in [6, 6.07) is 12.8. The van der Waals surface area contributed by atoms with Crippen LogP contribution in [0.5, 0.6) is 23.0 Å². The normalized spacial score (nSPS) is 13.6. The van der Waals surface area contributed by atoms with Crippen LogP contribution in [0.25, 0.3) is 0 Å². The Kier molecular flexibility index (Phi) is 5.84. The molecule has 0 aliphatic carbocycles. The van der Waals surface area contributed by atoms with E-state index in [4.69, 9.17) is 18.9 Å². The molecule has 1 unspecified atom stereocenters. The van der Waals surface area contributed by atoms with Crippen molar-refractivity contribution in [2.75, 3.05) is 26.4 Å². The molecule has 0 radical (unpaired) electrons. The van der Waals surface area contributed by atoms with Crippen molar-refractivity contribution in [1.29, 1.82) is 0 Å². The number of nitrogens with one attached hydrogen (secondary N) is 1. The summed E-state index contributed by atoms with van der Waals surface area (Å²) in [7, 11) is 0. The van der Waals surface area contributed by atoms with Gasteiger partial charge in [-0.3, -0.25) is 4.79 Å². The molecule has 6 heteroatoms. The van der Waals surface area contributed by atoms with Gasteiger partial charge in [0, 0.05) is 0 Å². The fraction of sp³-hybridized carbons (Fsp3) is 0.350. The smallest absolute Gasteiger partial charge is 0.258 e. The van der Waals surface area contributed by atoms with Gasteiger partial charge in [0.15, 0.2) is 29.6 Å². The highest BCUT2D eigenvalue weighted by Crippen LogP contribution is 2.32. The van der Waals surface area contributed by atoms with Crippen molar-refractivity contribution in [2.45, 2.75) is 19.9 Å². The van der Waals surface area contributed by atoms with E-state index in [0.29, 0.717) is 37.1 Å². The van der Waals surface area contributed by atoms with Gasteiger partial charge < -0.3 is 24.3 Å². The Labute approximate surface area is 153 Å². The van der Waals surface area contributed by atoms with Gasteiger partial charge in [0.05, 0.1) is 12.6 Å². The number of fused-ring (bicyclic) bond motifs is 1. The molecule has 0 saturated carbocycles. The molecule has 138 valence electrons. The number of benzene rings is 2. The van der Waals surface area contributed by atoms with E-state index < -0.39 is 0 Å². The number of rotatable bonds is 7. The van der Waals surface area contributed by atoms with E-state index in [1.165, 1.54) is 0 Å². The molecule has 1 heterocycles. The summed E-state index contributed by atoms with van der Waals surface area (Å²) in [6.07, 6.45) is 0. The second kappa shape index (κ2) is 8.47. The predicted molar refractivity (Wildman–Crippen MR) is 97.1 cm³/mol. The SMILES string of the molecule is CCOc1ccccc1OCC(=O)NC(C)c1ccc2c(c1)OCCO2. The van der Waals surface area contributed by atoms with Crippen LogP contribution in [-0.4, -0.2) is 32.3 Å². The first-order valence-corrected chi connectivity index (χ1v) is 8.71. The van der Waals surface area contributed by atoms with Crippen molar-refractivity contribution in [3.8, 4) is 23.0 Å². The van der Waals surface area contributed by atoms with Crippen LogP contribution in [0.4, 0.5) is 0 Å². The van der Waals surface area contributed by atoms with Crippen LogP contribution < -0.4 is 24.3 Å². The summed E-state index contributed by atoms with van der Waals surface area (Å²) in [5.74, 6) is 2.41. The van der Waals surface area contributed by atoms with E-state index in [9.17, 15) is 4.79 Å². The fourth-order valence-corrected chi connectivity index (χ4v) is 2.68. The summed E-state index contributed by atoms with van der Waals surface area (Å²) in [6.45, 7) is 5.35. The molecule has 0 aromatic heterocycles. The summed E-state index contributed by atoms with van der Waals surface area (Å²) >= 11 is 0. The Morgan fingerprint density at radius 2 is 1.77 bits per heavy atom. The van der Waals surface area contributed by atoms with Crippen LogP contribution in [0.3, 0.4) is 0 Å². The molecule has 0 bridgehead atoms. The summed E-state index contributed by atoms with van der Waals surface area (Å²) in [4.78, 5) is 12.2. The number of para-hydroxylation sites is 2. The lowest BCUT2D eigenvalue weighted by atomic mass is 10.1. The number of amides is 1. The molecular formula is C20H23NO5. The minimum Gasteiger partial charge on any atom is -0.490 e. The minimum absolute atomic E-state index is 0.0843. The first-order valence-electron chi connectivity index (χ1n) is 8.71. The van der Waals surface area contributed by atoms with Crippen LogP contribution in [0, 0.1) is 0 Å². The molecule has 1 aliphatic rings. The first-order chi connectivity index (χ1) is 12.7. The Hall–Kier alpha value is -2.89. The Balaban J connectivity index is 1.56. The zero-order valence-corrected chi connectivity index (χ0v) is 15.0. The zero-order valence-electron chi connectivity index (χ0n) is 15.0. The molecule has 1 aliphatic heterocycles. The molecule has 1 N–H and O–H groups in total. The minimum atomic E-state index is -0.210. The maximum atomic E-state index is 12.2. The van der Waals surface area contributed by atoms with Gasteiger partial charge >= 0.3 is 0 Å². The summed E-state index contributed by atoms with van der Waals surface area (Å²) in [5.41, 5.74) is 0.942. The van der Waals surface area contributed by atoms with E-state index in [1.54, 1.807) is 6.07 Å². The summed E-state index contributed by atoms with van der Waals surface area (Å²) < 4.78 is 22.2. The Bertz CT molecular complexity index is 762. The highest BCUT2D eigenvalue weighted by atomic mass is 16.6.